The van der Waals surface area contributed by atoms with Gasteiger partial charge in [0.25, 0.3) is 5.91 Å². The van der Waals surface area contributed by atoms with Crippen LogP contribution in [-0.2, 0) is 10.1 Å². The molecule has 0 aliphatic heterocycles. The van der Waals surface area contributed by atoms with Crippen molar-refractivity contribution in [2.24, 2.45) is 5.10 Å². The molecule has 0 aliphatic rings. The minimum Gasteiger partial charge on any atom is -0.379 e. The van der Waals surface area contributed by atoms with E-state index < -0.39 is 10.1 Å². The van der Waals surface area contributed by atoms with Crippen LogP contribution in [0, 0.1) is 0 Å². The fraction of sp³-hybridized carbons (Fsp3) is 0. The van der Waals surface area contributed by atoms with Crippen LogP contribution in [0.25, 0.3) is 0 Å². The van der Waals surface area contributed by atoms with Crippen LogP contribution in [0.2, 0.25) is 0 Å². The molecule has 0 bridgehead atoms. The molecule has 3 aromatic carbocycles. The maximum Gasteiger partial charge on any atom is 0.339 e. The van der Waals surface area contributed by atoms with E-state index in [9.17, 15) is 13.2 Å². The van der Waals surface area contributed by atoms with Gasteiger partial charge in [-0.1, -0.05) is 52.3 Å². The fourth-order valence-electron chi connectivity index (χ4n) is 2.27. The number of nitrogens with zero attached hydrogens (tertiary/aromatic N) is 1. The zero-order valence-corrected chi connectivity index (χ0v) is 16.9. The van der Waals surface area contributed by atoms with Crippen molar-refractivity contribution < 1.29 is 17.4 Å². The first kappa shape index (κ1) is 19.8. The van der Waals surface area contributed by atoms with Crippen LogP contribution in [0.1, 0.15) is 15.9 Å². The molecule has 28 heavy (non-hydrogen) atoms. The Morgan fingerprint density at radius 2 is 1.71 bits per heavy atom. The highest BCUT2D eigenvalue weighted by atomic mass is 79.9. The number of carbonyl (C=O) groups is 1. The maximum atomic E-state index is 12.3. The summed E-state index contributed by atoms with van der Waals surface area (Å²) in [6.45, 7) is 0. The highest BCUT2D eigenvalue weighted by molar-refractivity contribution is 9.10. The molecule has 0 radical (unpaired) electrons. The van der Waals surface area contributed by atoms with E-state index in [0.717, 1.165) is 4.47 Å². The van der Waals surface area contributed by atoms with Crippen molar-refractivity contribution in [3.8, 4) is 5.75 Å². The number of benzene rings is 3. The monoisotopic (exact) mass is 458 g/mol. The number of hydrogen-bond acceptors (Lipinski definition) is 5. The number of hydrazone groups is 1. The molecule has 0 unspecified atom stereocenters. The smallest absolute Gasteiger partial charge is 0.339 e. The predicted octanol–water partition coefficient (Wildman–Crippen LogP) is 3.98. The van der Waals surface area contributed by atoms with Crippen molar-refractivity contribution >= 4 is 38.2 Å². The van der Waals surface area contributed by atoms with E-state index in [-0.39, 0.29) is 16.6 Å². The molecule has 0 heterocycles. The average Bonchev–Trinajstić information content (AvgIpc) is 2.68. The molecule has 0 aliphatic carbocycles. The van der Waals surface area contributed by atoms with Gasteiger partial charge in [-0.25, -0.2) is 5.43 Å². The summed E-state index contributed by atoms with van der Waals surface area (Å²) >= 11 is 3.30. The molecule has 0 fully saturated rings. The third-order valence-corrected chi connectivity index (χ3v) is 5.32. The van der Waals surface area contributed by atoms with E-state index in [1.807, 2.05) is 6.07 Å². The van der Waals surface area contributed by atoms with Crippen molar-refractivity contribution in [2.45, 2.75) is 4.90 Å². The van der Waals surface area contributed by atoms with E-state index in [1.165, 1.54) is 30.5 Å². The summed E-state index contributed by atoms with van der Waals surface area (Å²) in [6, 6.07) is 21.1. The Morgan fingerprint density at radius 3 is 2.46 bits per heavy atom. The van der Waals surface area contributed by atoms with Gasteiger partial charge in [0.1, 0.15) is 10.6 Å². The standard InChI is InChI=1S/C20H15BrN2O4S/c21-17-8-5-7-16(13-17)20(24)23-22-14-15-6-4-9-18(12-15)27-28(25,26)19-10-2-1-3-11-19/h1-14H,(H,23,24)/b22-14-. The van der Waals surface area contributed by atoms with Gasteiger partial charge in [-0.15, -0.1) is 0 Å². The summed E-state index contributed by atoms with van der Waals surface area (Å²) < 4.78 is 30.5. The molecule has 3 rings (SSSR count). The lowest BCUT2D eigenvalue weighted by Gasteiger charge is -2.07. The number of nitrogens with one attached hydrogen (secondary N) is 1. The number of hydrogen-bond donors (Lipinski definition) is 1. The second-order valence-corrected chi connectivity index (χ2v) is 8.09. The van der Waals surface area contributed by atoms with Crippen LogP contribution in [-0.4, -0.2) is 20.5 Å². The molecule has 8 heteroatoms. The van der Waals surface area contributed by atoms with Crippen LogP contribution in [0.3, 0.4) is 0 Å². The molecule has 0 saturated heterocycles. The second kappa shape index (κ2) is 8.81. The zero-order valence-electron chi connectivity index (χ0n) is 14.4. The van der Waals surface area contributed by atoms with Crippen molar-refractivity contribution in [3.63, 3.8) is 0 Å². The third-order valence-electron chi connectivity index (χ3n) is 3.56. The van der Waals surface area contributed by atoms with Gasteiger partial charge in [-0.2, -0.15) is 13.5 Å². The molecule has 3 aromatic rings. The van der Waals surface area contributed by atoms with Crippen LogP contribution in [0.15, 0.2) is 93.3 Å². The maximum absolute atomic E-state index is 12.3. The van der Waals surface area contributed by atoms with E-state index in [2.05, 4.69) is 26.5 Å². The van der Waals surface area contributed by atoms with Crippen molar-refractivity contribution in [1.82, 2.24) is 5.43 Å². The Kier molecular flexibility index (Phi) is 6.23. The Hall–Kier alpha value is -2.97. The number of carbonyl (C=O) groups excluding carboxylic acids is 1. The molecule has 0 spiro atoms. The molecule has 0 saturated carbocycles. The minimum atomic E-state index is -3.92. The first-order chi connectivity index (χ1) is 13.4. The summed E-state index contributed by atoms with van der Waals surface area (Å²) in [5.41, 5.74) is 3.44. The largest absolute Gasteiger partial charge is 0.379 e. The van der Waals surface area contributed by atoms with Crippen LogP contribution >= 0.6 is 15.9 Å². The summed E-state index contributed by atoms with van der Waals surface area (Å²) in [6.07, 6.45) is 1.40. The van der Waals surface area contributed by atoms with E-state index in [0.29, 0.717) is 11.1 Å². The van der Waals surface area contributed by atoms with Gasteiger partial charge in [0.2, 0.25) is 0 Å². The second-order valence-electron chi connectivity index (χ2n) is 5.63. The summed E-state index contributed by atoms with van der Waals surface area (Å²) in [5.74, 6) is -0.220. The van der Waals surface area contributed by atoms with Crippen LogP contribution in [0.4, 0.5) is 0 Å². The van der Waals surface area contributed by atoms with Crippen LogP contribution in [0.5, 0.6) is 5.75 Å². The fourth-order valence-corrected chi connectivity index (χ4v) is 3.61. The summed E-state index contributed by atoms with van der Waals surface area (Å²) in [7, 11) is -3.92. The number of rotatable bonds is 6. The first-order valence-electron chi connectivity index (χ1n) is 8.13. The Balaban J connectivity index is 1.68. The van der Waals surface area contributed by atoms with Crippen LogP contribution < -0.4 is 9.61 Å². The molecular weight excluding hydrogens is 444 g/mol. The highest BCUT2D eigenvalue weighted by Gasteiger charge is 2.15. The molecule has 0 atom stereocenters. The lowest BCUT2D eigenvalue weighted by molar-refractivity contribution is 0.0955. The molecule has 142 valence electrons. The lowest BCUT2D eigenvalue weighted by Crippen LogP contribution is -2.17. The molecule has 0 aromatic heterocycles. The van der Waals surface area contributed by atoms with Gasteiger partial charge >= 0.3 is 10.1 Å². The van der Waals surface area contributed by atoms with Crippen molar-refractivity contribution in [2.75, 3.05) is 0 Å². The lowest BCUT2D eigenvalue weighted by atomic mass is 10.2. The average molecular weight is 459 g/mol. The van der Waals surface area contributed by atoms with Gasteiger partial charge in [0, 0.05) is 10.0 Å². The van der Waals surface area contributed by atoms with Crippen molar-refractivity contribution in [1.29, 1.82) is 0 Å². The Bertz CT molecular complexity index is 1120. The minimum absolute atomic E-state index is 0.0651. The summed E-state index contributed by atoms with van der Waals surface area (Å²) in [5, 5.41) is 3.90. The Labute approximate surface area is 171 Å². The topological polar surface area (TPSA) is 84.8 Å². The van der Waals surface area contributed by atoms with Gasteiger partial charge in [0.15, 0.2) is 0 Å². The third kappa shape index (κ3) is 5.28. The predicted molar refractivity (Wildman–Crippen MR) is 110 cm³/mol. The van der Waals surface area contributed by atoms with E-state index in [4.69, 9.17) is 4.18 Å². The Morgan fingerprint density at radius 1 is 0.964 bits per heavy atom. The number of amides is 1. The van der Waals surface area contributed by atoms with E-state index in [1.54, 1.807) is 48.5 Å². The molecule has 6 nitrogen and oxygen atoms in total. The summed E-state index contributed by atoms with van der Waals surface area (Å²) in [4.78, 5) is 12.1. The first-order valence-corrected chi connectivity index (χ1v) is 10.3. The highest BCUT2D eigenvalue weighted by Crippen LogP contribution is 2.19. The molecule has 1 amide bonds. The van der Waals surface area contributed by atoms with Gasteiger partial charge in [-0.05, 0) is 48.0 Å². The zero-order chi connectivity index (χ0) is 20.0. The van der Waals surface area contributed by atoms with Crippen molar-refractivity contribution in [3.05, 3.63) is 94.5 Å². The molecule has 1 N–H and O–H groups in total. The quantitative estimate of drug-likeness (QED) is 0.343. The SMILES string of the molecule is O=C(N/N=C\c1cccc(OS(=O)(=O)c2ccccc2)c1)c1cccc(Br)c1. The normalized spacial score (nSPS) is 11.3. The van der Waals surface area contributed by atoms with Gasteiger partial charge < -0.3 is 4.18 Å². The van der Waals surface area contributed by atoms with Gasteiger partial charge in [0.05, 0.1) is 6.21 Å². The number of halogens is 1. The van der Waals surface area contributed by atoms with Gasteiger partial charge in [-0.3, -0.25) is 4.79 Å². The van der Waals surface area contributed by atoms with E-state index >= 15 is 0 Å². The molecular formula is C20H15BrN2O4S.